The third-order valence-corrected chi connectivity index (χ3v) is 5.54. The van der Waals surface area contributed by atoms with Crippen molar-refractivity contribution in [3.8, 4) is 5.69 Å². The zero-order valence-electron chi connectivity index (χ0n) is 15.5. The van der Waals surface area contributed by atoms with Gasteiger partial charge in [0.2, 0.25) is 0 Å². The summed E-state index contributed by atoms with van der Waals surface area (Å²) in [5.74, 6) is 0.689. The number of benzene rings is 2. The Bertz CT molecular complexity index is 1050. The molecular weight excluding hydrogens is 447 g/mol. The minimum atomic E-state index is -4.41. The van der Waals surface area contributed by atoms with Crippen LogP contribution in [0.15, 0.2) is 57.8 Å². The average Bonchev–Trinajstić information content (AvgIpc) is 3.46. The quantitative estimate of drug-likeness (QED) is 0.493. The zero-order valence-corrected chi connectivity index (χ0v) is 17.1. The van der Waals surface area contributed by atoms with E-state index in [1.807, 2.05) is 12.1 Å². The van der Waals surface area contributed by atoms with Gasteiger partial charge in [-0.3, -0.25) is 4.57 Å². The topological polar surface area (TPSA) is 39.8 Å². The van der Waals surface area contributed by atoms with Gasteiger partial charge in [0.15, 0.2) is 0 Å². The van der Waals surface area contributed by atoms with Crippen LogP contribution in [0.3, 0.4) is 0 Å². The second kappa shape index (κ2) is 7.82. The minimum absolute atomic E-state index is 0.147. The van der Waals surface area contributed by atoms with Crippen LogP contribution < -0.4 is 5.69 Å². The fourth-order valence-electron chi connectivity index (χ4n) is 3.35. The smallest absolute Gasteiger partial charge is 0.275 e. The van der Waals surface area contributed by atoms with Crippen LogP contribution in [0.5, 0.6) is 0 Å². The molecule has 0 bridgehead atoms. The SMILES string of the molecule is O=c1n(-c2ccc(C(F)(F)F)cc2)nc(CCCc2ccc(Br)cc2)n1C1CC1. The van der Waals surface area contributed by atoms with Crippen molar-refractivity contribution in [2.24, 2.45) is 0 Å². The van der Waals surface area contributed by atoms with E-state index < -0.39 is 11.7 Å². The summed E-state index contributed by atoms with van der Waals surface area (Å²) in [7, 11) is 0. The summed E-state index contributed by atoms with van der Waals surface area (Å²) in [5, 5.41) is 4.46. The molecule has 1 heterocycles. The molecule has 4 nitrogen and oxygen atoms in total. The van der Waals surface area contributed by atoms with Gasteiger partial charge in [-0.05, 0) is 67.6 Å². The number of hydrogen-bond donors (Lipinski definition) is 0. The maximum Gasteiger partial charge on any atom is 0.416 e. The van der Waals surface area contributed by atoms with E-state index in [2.05, 4.69) is 33.2 Å². The predicted octanol–water partition coefficient (Wildman–Crippen LogP) is 5.33. The summed E-state index contributed by atoms with van der Waals surface area (Å²) in [5.41, 5.74) is 0.517. The molecule has 0 unspecified atom stereocenters. The molecule has 0 amide bonds. The van der Waals surface area contributed by atoms with Crippen LogP contribution in [0.4, 0.5) is 13.2 Å². The molecule has 1 aliphatic carbocycles. The molecular formula is C21H19BrF3N3O. The van der Waals surface area contributed by atoms with Gasteiger partial charge in [0, 0.05) is 16.9 Å². The largest absolute Gasteiger partial charge is 0.416 e. The van der Waals surface area contributed by atoms with E-state index in [0.717, 1.165) is 42.3 Å². The highest BCUT2D eigenvalue weighted by atomic mass is 79.9. The first kappa shape index (κ1) is 19.9. The molecule has 0 saturated heterocycles. The van der Waals surface area contributed by atoms with E-state index in [4.69, 9.17) is 0 Å². The van der Waals surface area contributed by atoms with Crippen molar-refractivity contribution in [3.05, 3.63) is 80.4 Å². The molecule has 0 aliphatic heterocycles. The van der Waals surface area contributed by atoms with Gasteiger partial charge >= 0.3 is 11.9 Å². The minimum Gasteiger partial charge on any atom is -0.275 e. The van der Waals surface area contributed by atoms with Crippen molar-refractivity contribution in [2.75, 3.05) is 0 Å². The van der Waals surface area contributed by atoms with Gasteiger partial charge in [-0.25, -0.2) is 4.79 Å². The molecule has 1 aliphatic rings. The van der Waals surface area contributed by atoms with E-state index in [0.29, 0.717) is 17.9 Å². The molecule has 0 atom stereocenters. The molecule has 0 N–H and O–H groups in total. The highest BCUT2D eigenvalue weighted by Crippen LogP contribution is 2.35. The molecule has 1 aromatic heterocycles. The summed E-state index contributed by atoms with van der Waals surface area (Å²) in [6.07, 6.45) is -0.224. The van der Waals surface area contributed by atoms with Gasteiger partial charge in [0.05, 0.1) is 11.3 Å². The molecule has 1 saturated carbocycles. The second-order valence-electron chi connectivity index (χ2n) is 7.24. The molecule has 0 spiro atoms. The summed E-state index contributed by atoms with van der Waals surface area (Å²) >= 11 is 3.42. The third kappa shape index (κ3) is 4.47. The standard InChI is InChI=1S/C21H19BrF3N3O/c22-16-8-4-14(5-9-16)2-1-3-19-26-28(20(29)27(19)17-12-13-17)18-10-6-15(7-11-18)21(23,24)25/h4-11,17H,1-3,12-13H2. The summed E-state index contributed by atoms with van der Waals surface area (Å²) in [6, 6.07) is 12.8. The van der Waals surface area contributed by atoms with Gasteiger partial charge in [0.1, 0.15) is 5.82 Å². The van der Waals surface area contributed by atoms with Crippen LogP contribution in [0.1, 0.15) is 42.3 Å². The van der Waals surface area contributed by atoms with E-state index >= 15 is 0 Å². The lowest BCUT2D eigenvalue weighted by Gasteiger charge is -2.06. The zero-order chi connectivity index (χ0) is 20.6. The normalized spacial score (nSPS) is 14.3. The van der Waals surface area contributed by atoms with Gasteiger partial charge in [-0.2, -0.15) is 17.9 Å². The van der Waals surface area contributed by atoms with Crippen LogP contribution in [0.2, 0.25) is 0 Å². The fourth-order valence-corrected chi connectivity index (χ4v) is 3.61. The highest BCUT2D eigenvalue weighted by molar-refractivity contribution is 9.10. The first-order chi connectivity index (χ1) is 13.8. The third-order valence-electron chi connectivity index (χ3n) is 5.01. The molecule has 29 heavy (non-hydrogen) atoms. The number of rotatable bonds is 6. The predicted molar refractivity (Wildman–Crippen MR) is 107 cm³/mol. The first-order valence-electron chi connectivity index (χ1n) is 9.45. The van der Waals surface area contributed by atoms with Gasteiger partial charge < -0.3 is 0 Å². The van der Waals surface area contributed by atoms with Crippen LogP contribution >= 0.6 is 15.9 Å². The fraction of sp³-hybridized carbons (Fsp3) is 0.333. The van der Waals surface area contributed by atoms with Crippen molar-refractivity contribution >= 4 is 15.9 Å². The molecule has 152 valence electrons. The Hall–Kier alpha value is -2.35. The van der Waals surface area contributed by atoms with Crippen LogP contribution in [-0.4, -0.2) is 14.3 Å². The Morgan fingerprint density at radius 1 is 1.00 bits per heavy atom. The van der Waals surface area contributed by atoms with E-state index in [-0.39, 0.29) is 11.7 Å². The van der Waals surface area contributed by atoms with Crippen molar-refractivity contribution in [3.63, 3.8) is 0 Å². The van der Waals surface area contributed by atoms with Crippen molar-refractivity contribution < 1.29 is 13.2 Å². The van der Waals surface area contributed by atoms with Crippen LogP contribution in [-0.2, 0) is 19.0 Å². The number of halogens is 4. The number of alkyl halides is 3. The monoisotopic (exact) mass is 465 g/mol. The Morgan fingerprint density at radius 2 is 1.66 bits per heavy atom. The van der Waals surface area contributed by atoms with Crippen LogP contribution in [0.25, 0.3) is 5.69 Å². The number of nitrogens with zero attached hydrogens (tertiary/aromatic N) is 3. The molecule has 3 aromatic rings. The molecule has 0 radical (unpaired) electrons. The van der Waals surface area contributed by atoms with Crippen LogP contribution in [0, 0.1) is 0 Å². The first-order valence-corrected chi connectivity index (χ1v) is 10.2. The van der Waals surface area contributed by atoms with Gasteiger partial charge in [-0.15, -0.1) is 5.10 Å². The van der Waals surface area contributed by atoms with Gasteiger partial charge in [-0.1, -0.05) is 28.1 Å². The summed E-state index contributed by atoms with van der Waals surface area (Å²) in [4.78, 5) is 12.9. The van der Waals surface area contributed by atoms with E-state index in [1.54, 1.807) is 4.57 Å². The second-order valence-corrected chi connectivity index (χ2v) is 8.15. The Labute approximate surface area is 174 Å². The highest BCUT2D eigenvalue weighted by Gasteiger charge is 2.31. The average molecular weight is 466 g/mol. The number of aryl methyl sites for hydroxylation is 2. The van der Waals surface area contributed by atoms with Crippen molar-refractivity contribution in [1.29, 1.82) is 0 Å². The number of hydrogen-bond acceptors (Lipinski definition) is 2. The maximum atomic E-state index is 12.9. The van der Waals surface area contributed by atoms with E-state index in [9.17, 15) is 18.0 Å². The molecule has 1 fully saturated rings. The van der Waals surface area contributed by atoms with Crippen molar-refractivity contribution in [2.45, 2.75) is 44.3 Å². The molecule has 8 heteroatoms. The lowest BCUT2D eigenvalue weighted by Crippen LogP contribution is -2.24. The maximum absolute atomic E-state index is 12.9. The molecule has 4 rings (SSSR count). The Kier molecular flexibility index (Phi) is 5.38. The summed E-state index contributed by atoms with van der Waals surface area (Å²) < 4.78 is 42.3. The molecule has 2 aromatic carbocycles. The van der Waals surface area contributed by atoms with E-state index in [1.165, 1.54) is 22.4 Å². The summed E-state index contributed by atoms with van der Waals surface area (Å²) in [6.45, 7) is 0. The Morgan fingerprint density at radius 3 is 2.24 bits per heavy atom. The van der Waals surface area contributed by atoms with Gasteiger partial charge in [0.25, 0.3) is 0 Å². The lowest BCUT2D eigenvalue weighted by molar-refractivity contribution is -0.137. The number of aromatic nitrogens is 3. The van der Waals surface area contributed by atoms with Crippen molar-refractivity contribution in [1.82, 2.24) is 14.3 Å². The Balaban J connectivity index is 1.55. The lowest BCUT2D eigenvalue weighted by atomic mass is 10.1.